The van der Waals surface area contributed by atoms with Gasteiger partial charge in [-0.3, -0.25) is 4.79 Å². The summed E-state index contributed by atoms with van der Waals surface area (Å²) in [6.07, 6.45) is 8.35. The average Bonchev–Trinajstić information content (AvgIpc) is 3.07. The standard InChI is InChI=1S/C28H42O6/c1-4-5-6-9-21(34-28(32)13-18(2)3)11-12-22-23-14-19-8-7-10-26(33-17-27(30)31)24(19)15-20(23)16-25(22)29/h7-8,10,18,20-23,25,29H,4-6,9,11-17H2,1-3H3,(H,30,31)/t20-,21-,22+,23-,25+/m0/s1. The van der Waals surface area contributed by atoms with Gasteiger partial charge in [-0.1, -0.05) is 45.7 Å². The van der Waals surface area contributed by atoms with Gasteiger partial charge in [-0.05, 0) is 85.8 Å². The Morgan fingerprint density at radius 2 is 1.94 bits per heavy atom. The van der Waals surface area contributed by atoms with Crippen molar-refractivity contribution in [1.82, 2.24) is 0 Å². The summed E-state index contributed by atoms with van der Waals surface area (Å²) in [5.74, 6) is 0.799. The highest BCUT2D eigenvalue weighted by atomic mass is 16.5. The number of hydrogen-bond acceptors (Lipinski definition) is 5. The average molecular weight is 475 g/mol. The van der Waals surface area contributed by atoms with Crippen molar-refractivity contribution in [2.75, 3.05) is 6.61 Å². The molecule has 5 atom stereocenters. The van der Waals surface area contributed by atoms with Crippen molar-refractivity contribution in [2.24, 2.45) is 23.7 Å². The summed E-state index contributed by atoms with van der Waals surface area (Å²) in [5, 5.41) is 19.9. The maximum atomic E-state index is 12.3. The van der Waals surface area contributed by atoms with Gasteiger partial charge in [0.1, 0.15) is 11.9 Å². The molecule has 1 aromatic carbocycles. The lowest BCUT2D eigenvalue weighted by atomic mass is 9.73. The molecule has 34 heavy (non-hydrogen) atoms. The molecule has 0 aliphatic heterocycles. The van der Waals surface area contributed by atoms with Crippen LogP contribution in [0.5, 0.6) is 5.75 Å². The first kappa shape index (κ1) is 26.5. The molecule has 0 amide bonds. The van der Waals surface area contributed by atoms with E-state index >= 15 is 0 Å². The number of rotatable bonds is 13. The number of esters is 1. The van der Waals surface area contributed by atoms with E-state index in [9.17, 15) is 14.7 Å². The topological polar surface area (TPSA) is 93.1 Å². The van der Waals surface area contributed by atoms with E-state index in [0.29, 0.717) is 24.0 Å². The number of carboxylic acids is 1. The molecule has 2 aliphatic rings. The van der Waals surface area contributed by atoms with Crippen LogP contribution in [0.1, 0.15) is 83.3 Å². The van der Waals surface area contributed by atoms with E-state index in [0.717, 1.165) is 63.4 Å². The molecular weight excluding hydrogens is 432 g/mol. The summed E-state index contributed by atoms with van der Waals surface area (Å²) in [5.41, 5.74) is 2.30. The predicted octanol–water partition coefficient (Wildman–Crippen LogP) is 5.18. The minimum atomic E-state index is -0.981. The molecule has 0 radical (unpaired) electrons. The second kappa shape index (κ2) is 12.6. The molecule has 0 bridgehead atoms. The van der Waals surface area contributed by atoms with Crippen molar-refractivity contribution in [3.63, 3.8) is 0 Å². The Bertz CT molecular complexity index is 819. The number of carboxylic acid groups (broad SMARTS) is 1. The first-order chi connectivity index (χ1) is 16.3. The monoisotopic (exact) mass is 474 g/mol. The minimum Gasteiger partial charge on any atom is -0.482 e. The number of carbonyl (C=O) groups excluding carboxylic acids is 1. The molecule has 0 spiro atoms. The number of aliphatic hydroxyl groups excluding tert-OH is 1. The lowest BCUT2D eigenvalue weighted by molar-refractivity contribution is -0.151. The zero-order valence-electron chi connectivity index (χ0n) is 21.0. The summed E-state index contributed by atoms with van der Waals surface area (Å²) < 4.78 is 11.4. The summed E-state index contributed by atoms with van der Waals surface area (Å²) in [6, 6.07) is 5.87. The SMILES string of the molecule is CCCCC[C@@H](CC[C@@H]1[C@H]2Cc3cccc(OCC(=O)O)c3C[C@H]2C[C@H]1O)OC(=O)CC(C)C. The molecule has 3 rings (SSSR count). The number of benzene rings is 1. The Morgan fingerprint density at radius 3 is 2.65 bits per heavy atom. The normalized spacial score (nSPS) is 24.4. The third-order valence-corrected chi connectivity index (χ3v) is 7.52. The molecule has 2 N–H and O–H groups in total. The Morgan fingerprint density at radius 1 is 1.15 bits per heavy atom. The molecule has 0 heterocycles. The molecular formula is C28H42O6. The number of ether oxygens (including phenoxy) is 2. The van der Waals surface area contributed by atoms with Crippen LogP contribution in [-0.2, 0) is 27.2 Å². The number of hydrogen-bond donors (Lipinski definition) is 2. The Labute approximate surface area is 204 Å². The van der Waals surface area contributed by atoms with Gasteiger partial charge in [0.05, 0.1) is 6.10 Å². The minimum absolute atomic E-state index is 0.0732. The van der Waals surface area contributed by atoms with Gasteiger partial charge in [-0.25, -0.2) is 4.79 Å². The molecule has 1 fully saturated rings. The van der Waals surface area contributed by atoms with Crippen LogP contribution in [0.4, 0.5) is 0 Å². The number of aliphatic hydroxyl groups is 1. The molecule has 1 aromatic rings. The van der Waals surface area contributed by atoms with E-state index in [2.05, 4.69) is 13.0 Å². The van der Waals surface area contributed by atoms with E-state index in [1.807, 2.05) is 26.0 Å². The van der Waals surface area contributed by atoms with Crippen LogP contribution in [0.25, 0.3) is 0 Å². The van der Waals surface area contributed by atoms with Crippen LogP contribution >= 0.6 is 0 Å². The van der Waals surface area contributed by atoms with Crippen molar-refractivity contribution >= 4 is 11.9 Å². The molecule has 1 saturated carbocycles. The van der Waals surface area contributed by atoms with Gasteiger partial charge in [0.2, 0.25) is 0 Å². The molecule has 6 heteroatoms. The van der Waals surface area contributed by atoms with Gasteiger partial charge >= 0.3 is 11.9 Å². The Hall–Kier alpha value is -2.08. The fourth-order valence-electron chi connectivity index (χ4n) is 5.91. The first-order valence-corrected chi connectivity index (χ1v) is 13.1. The van der Waals surface area contributed by atoms with Gasteiger partial charge in [0, 0.05) is 6.42 Å². The van der Waals surface area contributed by atoms with E-state index < -0.39 is 5.97 Å². The van der Waals surface area contributed by atoms with Gasteiger partial charge < -0.3 is 19.7 Å². The van der Waals surface area contributed by atoms with E-state index in [-0.39, 0.29) is 36.6 Å². The zero-order chi connectivity index (χ0) is 24.7. The third kappa shape index (κ3) is 7.21. The zero-order valence-corrected chi connectivity index (χ0v) is 21.0. The highest BCUT2D eigenvalue weighted by Crippen LogP contribution is 2.48. The Balaban J connectivity index is 1.64. The number of carbonyl (C=O) groups is 2. The summed E-state index contributed by atoms with van der Waals surface area (Å²) in [6.45, 7) is 5.89. The maximum absolute atomic E-state index is 12.3. The van der Waals surface area contributed by atoms with Crippen LogP contribution in [0.2, 0.25) is 0 Å². The van der Waals surface area contributed by atoms with Crippen molar-refractivity contribution in [3.05, 3.63) is 29.3 Å². The lowest BCUT2D eigenvalue weighted by Gasteiger charge is -2.32. The van der Waals surface area contributed by atoms with Crippen LogP contribution < -0.4 is 4.74 Å². The largest absolute Gasteiger partial charge is 0.482 e. The van der Waals surface area contributed by atoms with E-state index in [1.54, 1.807) is 0 Å². The van der Waals surface area contributed by atoms with E-state index in [1.165, 1.54) is 5.56 Å². The van der Waals surface area contributed by atoms with Crippen LogP contribution in [-0.4, -0.2) is 41.0 Å². The number of aliphatic carboxylic acids is 1. The van der Waals surface area contributed by atoms with Crippen molar-refractivity contribution < 1.29 is 29.3 Å². The molecule has 0 aromatic heterocycles. The second-order valence-corrected chi connectivity index (χ2v) is 10.7. The van der Waals surface area contributed by atoms with Gasteiger partial charge in [0.15, 0.2) is 6.61 Å². The third-order valence-electron chi connectivity index (χ3n) is 7.52. The highest BCUT2D eigenvalue weighted by Gasteiger charge is 2.45. The summed E-state index contributed by atoms with van der Waals surface area (Å²) in [7, 11) is 0. The lowest BCUT2D eigenvalue weighted by Crippen LogP contribution is -2.29. The fraction of sp³-hybridized carbons (Fsp3) is 0.714. The Kier molecular flexibility index (Phi) is 9.81. The van der Waals surface area contributed by atoms with Crippen LogP contribution in [0, 0.1) is 23.7 Å². The van der Waals surface area contributed by atoms with Gasteiger partial charge in [0.25, 0.3) is 0 Å². The summed E-state index contributed by atoms with van der Waals surface area (Å²) >= 11 is 0. The maximum Gasteiger partial charge on any atom is 0.341 e. The molecule has 0 unspecified atom stereocenters. The van der Waals surface area contributed by atoms with Crippen molar-refractivity contribution in [3.8, 4) is 5.75 Å². The molecule has 2 aliphatic carbocycles. The molecule has 0 saturated heterocycles. The first-order valence-electron chi connectivity index (χ1n) is 13.1. The number of unbranched alkanes of at least 4 members (excludes halogenated alkanes) is 2. The quantitative estimate of drug-likeness (QED) is 0.302. The van der Waals surface area contributed by atoms with Crippen LogP contribution in [0.15, 0.2) is 18.2 Å². The second-order valence-electron chi connectivity index (χ2n) is 10.7. The van der Waals surface area contributed by atoms with E-state index in [4.69, 9.17) is 14.6 Å². The predicted molar refractivity (Wildman–Crippen MR) is 131 cm³/mol. The number of fused-ring (bicyclic) bond motifs is 2. The van der Waals surface area contributed by atoms with Crippen molar-refractivity contribution in [1.29, 1.82) is 0 Å². The van der Waals surface area contributed by atoms with Crippen molar-refractivity contribution in [2.45, 2.75) is 97.2 Å². The van der Waals surface area contributed by atoms with Crippen LogP contribution in [0.3, 0.4) is 0 Å². The molecule has 190 valence electrons. The highest BCUT2D eigenvalue weighted by molar-refractivity contribution is 5.69. The smallest absolute Gasteiger partial charge is 0.341 e. The summed E-state index contributed by atoms with van der Waals surface area (Å²) in [4.78, 5) is 23.3. The van der Waals surface area contributed by atoms with Gasteiger partial charge in [-0.15, -0.1) is 0 Å². The van der Waals surface area contributed by atoms with Gasteiger partial charge in [-0.2, -0.15) is 0 Å². The fourth-order valence-corrected chi connectivity index (χ4v) is 5.91. The molecule has 6 nitrogen and oxygen atoms in total.